The number of rotatable bonds is 8. The van der Waals surface area contributed by atoms with Crippen molar-refractivity contribution in [2.45, 2.75) is 180 Å². The molecule has 384 valence electrons. The van der Waals surface area contributed by atoms with Crippen molar-refractivity contribution in [3.63, 3.8) is 0 Å². The first kappa shape index (κ1) is 49.0. The molecule has 2 aromatic heterocycles. The van der Waals surface area contributed by atoms with Crippen molar-refractivity contribution in [1.29, 1.82) is 0 Å². The van der Waals surface area contributed by atoms with E-state index in [4.69, 9.17) is 18.9 Å². The van der Waals surface area contributed by atoms with Crippen LogP contribution in [0.25, 0.3) is 0 Å². The van der Waals surface area contributed by atoms with Gasteiger partial charge in [-0.3, -0.25) is 9.59 Å². The Labute approximate surface area is 426 Å². The van der Waals surface area contributed by atoms with Gasteiger partial charge in [-0.25, -0.2) is 9.97 Å². The second-order valence-corrected chi connectivity index (χ2v) is 22.4. The topological polar surface area (TPSA) is 134 Å². The van der Waals surface area contributed by atoms with E-state index in [-0.39, 0.29) is 48.1 Å². The average Bonchev–Trinajstić information content (AvgIpc) is 3.67. The minimum absolute atomic E-state index is 0.0190. The van der Waals surface area contributed by atoms with Crippen molar-refractivity contribution in [2.24, 2.45) is 11.8 Å². The molecular weight excluding hydrogens is 905 g/mol. The number of aryl methyl sites for hydroxylation is 1. The molecule has 10 aliphatic rings. The molecule has 0 spiro atoms. The van der Waals surface area contributed by atoms with Crippen molar-refractivity contribution < 1.29 is 28.5 Å². The molecule has 14 rings (SSSR count). The number of pyridine rings is 2. The molecule has 8 fully saturated rings. The summed E-state index contributed by atoms with van der Waals surface area (Å²) in [5.74, 6) is 2.15. The fraction of sp³-hybridized carbons (Fsp3) is 0.586. The number of morpholine rings is 2. The minimum atomic E-state index is 0.0190. The molecule has 72 heavy (non-hydrogen) atoms. The summed E-state index contributed by atoms with van der Waals surface area (Å²) in [6.45, 7) is 17.2. The van der Waals surface area contributed by atoms with Crippen molar-refractivity contribution in [3.05, 3.63) is 83.2 Å². The summed E-state index contributed by atoms with van der Waals surface area (Å²) in [6, 6.07) is 17.7. The lowest BCUT2D eigenvalue weighted by Crippen LogP contribution is -2.54. The zero-order valence-corrected chi connectivity index (χ0v) is 43.4. The SMILES string of the molecule is Cc1c(N2C[C@@H]3CC[C@H]2CO3)ccc2c1N(C(=O)C1CCC(OC(C)C)CC1)Cc1cccnc1N2.Cc1cc2c(cc1N1C[C@@H]3CC[C@H]1CO3)N(C(=O)C1CCC(OC(C)C)CC1)Cc1cccnc1N2. The molecule has 0 unspecified atom stereocenters. The standard InChI is InChI=1S/2C29H38N4O3/c1-18(2)36-23-9-6-20(7-10-23)29(34)33-15-21-5-4-14-30-28(21)31-25-12-13-26(19(3)27(25)33)32-16-24-11-8-22(32)17-35-24;1-18(2)36-23-9-6-20(7-10-23)29(34)33-15-21-5-4-12-30-28(21)31-25-13-19(3)26(14-27(25)33)32-16-24-11-8-22(32)17-35-24/h2*4-5,12-14,18,20,22-24H,6-11,15-17H2,1-3H3,(H,30,31)/t2*20?,22-,23?,24-/m00/s1. The second kappa shape index (κ2) is 20.9. The van der Waals surface area contributed by atoms with Crippen LogP contribution in [0.1, 0.15) is 127 Å². The Hall–Kier alpha value is -5.28. The quantitative estimate of drug-likeness (QED) is 0.174. The highest BCUT2D eigenvalue weighted by Crippen LogP contribution is 2.46. The highest BCUT2D eigenvalue weighted by atomic mass is 16.5. The number of piperidine rings is 2. The van der Waals surface area contributed by atoms with Crippen molar-refractivity contribution in [3.8, 4) is 0 Å². The van der Waals surface area contributed by atoms with Crippen LogP contribution < -0.4 is 30.2 Å². The van der Waals surface area contributed by atoms with Gasteiger partial charge in [0.25, 0.3) is 0 Å². The number of anilines is 8. The fourth-order valence-electron chi connectivity index (χ4n) is 13.1. The summed E-state index contributed by atoms with van der Waals surface area (Å²) < 4.78 is 24.1. The van der Waals surface area contributed by atoms with E-state index in [1.807, 2.05) is 34.3 Å². The van der Waals surface area contributed by atoms with Crippen LogP contribution in [0.2, 0.25) is 0 Å². The summed E-state index contributed by atoms with van der Waals surface area (Å²) in [7, 11) is 0. The Balaban J connectivity index is 0.000000156. The van der Waals surface area contributed by atoms with Crippen molar-refractivity contribution in [2.75, 3.05) is 56.5 Å². The highest BCUT2D eigenvalue weighted by Gasteiger charge is 2.40. The molecule has 2 N–H and O–H groups in total. The van der Waals surface area contributed by atoms with Gasteiger partial charge >= 0.3 is 0 Å². The number of carbonyl (C=O) groups is 2. The molecule has 8 aliphatic heterocycles. The number of benzene rings is 2. The molecule has 2 aliphatic carbocycles. The largest absolute Gasteiger partial charge is 0.376 e. The maximum atomic E-state index is 14.2. The Kier molecular flexibility index (Phi) is 14.2. The zero-order valence-electron chi connectivity index (χ0n) is 43.4. The monoisotopic (exact) mass is 981 g/mol. The van der Waals surface area contributed by atoms with E-state index >= 15 is 0 Å². The number of ether oxygens (including phenoxy) is 4. The van der Waals surface area contributed by atoms with Gasteiger partial charge in [-0.1, -0.05) is 12.1 Å². The van der Waals surface area contributed by atoms with Gasteiger partial charge in [0.15, 0.2) is 0 Å². The minimum Gasteiger partial charge on any atom is -0.376 e. The predicted octanol–water partition coefficient (Wildman–Crippen LogP) is 10.7. The lowest BCUT2D eigenvalue weighted by molar-refractivity contribution is -0.125. The first-order valence-electron chi connectivity index (χ1n) is 27.3. The Morgan fingerprint density at radius 3 is 1.61 bits per heavy atom. The van der Waals surface area contributed by atoms with Gasteiger partial charge in [-0.05, 0) is 166 Å². The number of aromatic nitrogens is 2. The summed E-state index contributed by atoms with van der Waals surface area (Å²) >= 11 is 0. The number of nitrogens with one attached hydrogen (secondary N) is 2. The van der Waals surface area contributed by atoms with Crippen LogP contribution in [0.15, 0.2) is 60.9 Å². The smallest absolute Gasteiger partial charge is 0.230 e. The van der Waals surface area contributed by atoms with Gasteiger partial charge < -0.3 is 49.2 Å². The Bertz CT molecular complexity index is 2550. The van der Waals surface area contributed by atoms with Gasteiger partial charge in [0.2, 0.25) is 11.8 Å². The van der Waals surface area contributed by atoms with Crippen molar-refractivity contribution in [1.82, 2.24) is 9.97 Å². The normalized spacial score (nSPS) is 27.3. The summed E-state index contributed by atoms with van der Waals surface area (Å²) in [6.07, 6.45) is 17.1. The van der Waals surface area contributed by atoms with E-state index in [1.54, 1.807) is 0 Å². The van der Waals surface area contributed by atoms with E-state index in [0.29, 0.717) is 37.4 Å². The van der Waals surface area contributed by atoms with Crippen LogP contribution in [0.3, 0.4) is 0 Å². The number of nitrogens with zero attached hydrogens (tertiary/aromatic N) is 6. The van der Waals surface area contributed by atoms with E-state index in [9.17, 15) is 9.59 Å². The maximum absolute atomic E-state index is 14.2. The molecule has 2 amide bonds. The molecule has 4 atom stereocenters. The number of fused-ring (bicyclic) bond motifs is 10. The predicted molar refractivity (Wildman–Crippen MR) is 284 cm³/mol. The summed E-state index contributed by atoms with van der Waals surface area (Å²) in [5, 5.41) is 7.11. The van der Waals surface area contributed by atoms with Crippen LogP contribution in [0, 0.1) is 25.7 Å². The first-order valence-corrected chi connectivity index (χ1v) is 27.3. The van der Waals surface area contributed by atoms with E-state index in [2.05, 4.69) is 108 Å². The molecule has 6 saturated heterocycles. The molecule has 4 aromatic rings. The third kappa shape index (κ3) is 10.0. The molecule has 10 heterocycles. The van der Waals surface area contributed by atoms with Crippen LogP contribution in [0.4, 0.5) is 45.8 Å². The maximum Gasteiger partial charge on any atom is 0.230 e. The zero-order chi connectivity index (χ0) is 49.6. The molecule has 14 nitrogen and oxygen atoms in total. The fourth-order valence-corrected chi connectivity index (χ4v) is 13.1. The van der Waals surface area contributed by atoms with Crippen LogP contribution in [0.5, 0.6) is 0 Å². The van der Waals surface area contributed by atoms with E-state index < -0.39 is 0 Å². The third-order valence-corrected chi connectivity index (χ3v) is 16.7. The van der Waals surface area contributed by atoms with Gasteiger partial charge in [-0.15, -0.1) is 0 Å². The highest BCUT2D eigenvalue weighted by molar-refractivity contribution is 6.02. The van der Waals surface area contributed by atoms with E-state index in [1.165, 1.54) is 29.8 Å². The van der Waals surface area contributed by atoms with Gasteiger partial charge in [-0.2, -0.15) is 0 Å². The van der Waals surface area contributed by atoms with Crippen LogP contribution >= 0.6 is 0 Å². The van der Waals surface area contributed by atoms with Crippen LogP contribution in [-0.4, -0.2) is 96.8 Å². The Morgan fingerprint density at radius 2 is 1.11 bits per heavy atom. The van der Waals surface area contributed by atoms with Crippen molar-refractivity contribution >= 4 is 57.6 Å². The second-order valence-electron chi connectivity index (χ2n) is 22.4. The number of carbonyl (C=O) groups excluding carboxylic acids is 2. The molecule has 2 aromatic carbocycles. The third-order valence-electron chi connectivity index (χ3n) is 16.7. The average molecular weight is 981 g/mol. The number of hydrogen-bond acceptors (Lipinski definition) is 12. The van der Waals surface area contributed by atoms with Gasteiger partial charge in [0.05, 0.1) is 97.8 Å². The Morgan fingerprint density at radius 1 is 0.597 bits per heavy atom. The summed E-state index contributed by atoms with van der Waals surface area (Å²) in [5.41, 5.74) is 10.8. The molecule has 2 saturated carbocycles. The lowest BCUT2D eigenvalue weighted by Gasteiger charge is -2.47. The van der Waals surface area contributed by atoms with Crippen LogP contribution in [-0.2, 0) is 41.6 Å². The first-order chi connectivity index (χ1) is 34.9. The van der Waals surface area contributed by atoms with E-state index in [0.717, 1.165) is 142 Å². The number of hydrogen-bond donors (Lipinski definition) is 2. The van der Waals surface area contributed by atoms with Gasteiger partial charge in [0, 0.05) is 59.8 Å². The molecular formula is C58H76N8O6. The molecule has 4 bridgehead atoms. The summed E-state index contributed by atoms with van der Waals surface area (Å²) in [4.78, 5) is 46.6. The lowest BCUT2D eigenvalue weighted by atomic mass is 9.86. The number of amides is 2. The van der Waals surface area contributed by atoms with Gasteiger partial charge in [0.1, 0.15) is 11.6 Å². The molecule has 0 radical (unpaired) electrons. The molecule has 14 heteroatoms.